The lowest BCUT2D eigenvalue weighted by molar-refractivity contribution is -0.136. The Morgan fingerprint density at radius 3 is 2.66 bits per heavy atom. The number of carbonyl (C=O) groups is 2. The number of methoxy groups -OCH3 is 1. The van der Waals surface area contributed by atoms with Crippen molar-refractivity contribution in [1.82, 2.24) is 5.32 Å². The quantitative estimate of drug-likeness (QED) is 0.559. The van der Waals surface area contributed by atoms with Crippen molar-refractivity contribution < 1.29 is 19.1 Å². The summed E-state index contributed by atoms with van der Waals surface area (Å²) in [5.74, 6) is -0.120. The first kappa shape index (κ1) is 21.2. The summed E-state index contributed by atoms with van der Waals surface area (Å²) >= 11 is 0. The second kappa shape index (κ2) is 8.44. The molecule has 0 saturated carbocycles. The van der Waals surface area contributed by atoms with Gasteiger partial charge in [0.2, 0.25) is 0 Å². The molecule has 1 N–H and O–H groups in total. The summed E-state index contributed by atoms with van der Waals surface area (Å²) in [6.07, 6.45) is 3.19. The lowest BCUT2D eigenvalue weighted by Gasteiger charge is -2.39. The molecule has 1 aromatic rings. The van der Waals surface area contributed by atoms with E-state index >= 15 is 0 Å². The first-order valence-electron chi connectivity index (χ1n) is 10.3. The lowest BCUT2D eigenvalue weighted by atomic mass is 9.68. The molecule has 0 saturated heterocycles. The molecule has 0 unspecified atom stereocenters. The number of rotatable bonds is 6. The summed E-state index contributed by atoms with van der Waals surface area (Å²) in [4.78, 5) is 26.0. The number of benzene rings is 1. The highest BCUT2D eigenvalue weighted by atomic mass is 16.5. The van der Waals surface area contributed by atoms with Crippen LogP contribution in [-0.2, 0) is 14.3 Å². The summed E-state index contributed by atoms with van der Waals surface area (Å²) in [6.45, 7) is 8.78. The van der Waals surface area contributed by atoms with E-state index in [1.807, 2.05) is 31.2 Å². The Labute approximate surface area is 173 Å². The van der Waals surface area contributed by atoms with Gasteiger partial charge in [-0.2, -0.15) is 0 Å². The molecule has 29 heavy (non-hydrogen) atoms. The molecular weight excluding hydrogens is 366 g/mol. The van der Waals surface area contributed by atoms with Crippen molar-refractivity contribution in [1.29, 1.82) is 0 Å². The van der Waals surface area contributed by atoms with Crippen molar-refractivity contribution >= 4 is 11.8 Å². The molecule has 5 nitrogen and oxygen atoms in total. The monoisotopic (exact) mass is 397 g/mol. The fourth-order valence-corrected chi connectivity index (χ4v) is 4.30. The Hall–Kier alpha value is -2.56. The van der Waals surface area contributed by atoms with E-state index in [1.165, 1.54) is 7.11 Å². The maximum Gasteiger partial charge on any atom is 0.336 e. The van der Waals surface area contributed by atoms with E-state index in [1.54, 1.807) is 0 Å². The Bertz CT molecular complexity index is 879. The first-order chi connectivity index (χ1) is 13.8. The van der Waals surface area contributed by atoms with Crippen LogP contribution in [0.1, 0.15) is 64.9 Å². The third-order valence-electron chi connectivity index (χ3n) is 5.63. The Morgan fingerprint density at radius 1 is 1.24 bits per heavy atom. The number of Topliss-reactive ketones (excluding diaryl/α,β-unsaturated/α-hetero) is 1. The van der Waals surface area contributed by atoms with Crippen LogP contribution in [0.3, 0.4) is 0 Å². The number of carbonyl (C=O) groups excluding carboxylic acids is 2. The maximum atomic E-state index is 13.2. The molecule has 0 amide bonds. The van der Waals surface area contributed by atoms with Crippen LogP contribution in [0.4, 0.5) is 0 Å². The van der Waals surface area contributed by atoms with Gasteiger partial charge >= 0.3 is 5.97 Å². The van der Waals surface area contributed by atoms with Crippen LogP contribution in [0.5, 0.6) is 5.75 Å². The molecule has 0 bridgehead atoms. The second-order valence-corrected chi connectivity index (χ2v) is 8.66. The Kier molecular flexibility index (Phi) is 6.15. The second-order valence-electron chi connectivity index (χ2n) is 8.66. The van der Waals surface area contributed by atoms with Gasteiger partial charge in [-0.3, -0.25) is 4.79 Å². The van der Waals surface area contributed by atoms with E-state index in [0.29, 0.717) is 29.9 Å². The molecule has 0 spiro atoms. The number of ether oxygens (including phenoxy) is 2. The Balaban J connectivity index is 2.16. The fourth-order valence-electron chi connectivity index (χ4n) is 4.30. The van der Waals surface area contributed by atoms with Gasteiger partial charge in [0.1, 0.15) is 5.75 Å². The number of esters is 1. The van der Waals surface area contributed by atoms with Gasteiger partial charge in [-0.25, -0.2) is 4.79 Å². The molecule has 156 valence electrons. The average Bonchev–Trinajstić information content (AvgIpc) is 2.66. The van der Waals surface area contributed by atoms with Gasteiger partial charge in [-0.15, -0.1) is 0 Å². The number of nitrogens with one attached hydrogen (secondary N) is 1. The zero-order valence-corrected chi connectivity index (χ0v) is 18.1. The lowest BCUT2D eigenvalue weighted by Crippen LogP contribution is -2.38. The van der Waals surface area contributed by atoms with Crippen LogP contribution in [0.25, 0.3) is 0 Å². The van der Waals surface area contributed by atoms with Gasteiger partial charge in [0.05, 0.1) is 25.2 Å². The molecule has 1 heterocycles. The van der Waals surface area contributed by atoms with Gasteiger partial charge < -0.3 is 14.8 Å². The zero-order chi connectivity index (χ0) is 21.2. The minimum Gasteiger partial charge on any atom is -0.493 e. The smallest absolute Gasteiger partial charge is 0.336 e. The van der Waals surface area contributed by atoms with E-state index in [-0.39, 0.29) is 11.2 Å². The van der Waals surface area contributed by atoms with Crippen LogP contribution in [0, 0.1) is 5.41 Å². The SMILES string of the molecule is CCCCOc1ccccc1[C@H]1C(C(=O)OC)=C(C)NC2=C1C(=O)CC(C)(C)C2. The van der Waals surface area contributed by atoms with Crippen molar-refractivity contribution in [2.75, 3.05) is 13.7 Å². The molecule has 0 aromatic heterocycles. The summed E-state index contributed by atoms with van der Waals surface area (Å²) in [5, 5.41) is 3.34. The normalized spacial score (nSPS) is 20.9. The van der Waals surface area contributed by atoms with Gasteiger partial charge in [0.15, 0.2) is 5.78 Å². The van der Waals surface area contributed by atoms with Gasteiger partial charge in [-0.05, 0) is 31.2 Å². The number of hydrogen-bond acceptors (Lipinski definition) is 5. The Morgan fingerprint density at radius 2 is 1.97 bits per heavy atom. The highest BCUT2D eigenvalue weighted by molar-refractivity contribution is 6.04. The molecule has 1 aliphatic heterocycles. The third-order valence-corrected chi connectivity index (χ3v) is 5.63. The van der Waals surface area contributed by atoms with Gasteiger partial charge in [0.25, 0.3) is 0 Å². The van der Waals surface area contributed by atoms with E-state index in [2.05, 4.69) is 26.1 Å². The highest BCUT2D eigenvalue weighted by Gasteiger charge is 2.43. The molecule has 1 atom stereocenters. The molecule has 0 radical (unpaired) electrons. The standard InChI is InChI=1S/C24H31NO4/c1-6-7-12-29-19-11-9-8-10-16(19)21-20(23(27)28-5)15(2)25-17-13-24(3,4)14-18(26)22(17)21/h8-11,21,25H,6-7,12-14H2,1-5H3/t21-/m0/s1. The van der Waals surface area contributed by atoms with E-state index < -0.39 is 11.9 Å². The van der Waals surface area contributed by atoms with E-state index in [0.717, 1.165) is 36.2 Å². The zero-order valence-electron chi connectivity index (χ0n) is 18.1. The molecule has 0 fully saturated rings. The third kappa shape index (κ3) is 4.24. The fraction of sp³-hybridized carbons (Fsp3) is 0.500. The molecule has 2 aliphatic rings. The van der Waals surface area contributed by atoms with Crippen LogP contribution in [-0.4, -0.2) is 25.5 Å². The molecular formula is C24H31NO4. The van der Waals surface area contributed by atoms with Gasteiger partial charge in [0, 0.05) is 29.0 Å². The van der Waals surface area contributed by atoms with E-state index in [9.17, 15) is 9.59 Å². The predicted octanol–water partition coefficient (Wildman–Crippen LogP) is 4.64. The van der Waals surface area contributed by atoms with Crippen molar-refractivity contribution in [3.8, 4) is 5.75 Å². The van der Waals surface area contributed by atoms with Crippen molar-refractivity contribution in [2.24, 2.45) is 5.41 Å². The number of hydrogen-bond donors (Lipinski definition) is 1. The molecule has 5 heteroatoms. The minimum absolute atomic E-state index is 0.0750. The van der Waals surface area contributed by atoms with E-state index in [4.69, 9.17) is 9.47 Å². The summed E-state index contributed by atoms with van der Waals surface area (Å²) in [7, 11) is 1.37. The number of dihydropyridines is 1. The predicted molar refractivity (Wildman–Crippen MR) is 112 cm³/mol. The average molecular weight is 398 g/mol. The molecule has 1 aliphatic carbocycles. The topological polar surface area (TPSA) is 64.6 Å². The number of allylic oxidation sites excluding steroid dienone is 3. The van der Waals surface area contributed by atoms with Crippen molar-refractivity contribution in [2.45, 2.75) is 59.3 Å². The number of para-hydroxylation sites is 1. The maximum absolute atomic E-state index is 13.2. The minimum atomic E-state index is -0.486. The molecule has 3 rings (SSSR count). The van der Waals surface area contributed by atoms with Gasteiger partial charge in [-0.1, -0.05) is 45.4 Å². The largest absolute Gasteiger partial charge is 0.493 e. The first-order valence-corrected chi connectivity index (χ1v) is 10.3. The summed E-state index contributed by atoms with van der Waals surface area (Å²) < 4.78 is 11.1. The van der Waals surface area contributed by atoms with Crippen molar-refractivity contribution in [3.05, 3.63) is 52.4 Å². The van der Waals surface area contributed by atoms with Crippen LogP contribution < -0.4 is 10.1 Å². The summed E-state index contributed by atoms with van der Waals surface area (Å²) in [6, 6.07) is 7.70. The number of ketones is 1. The molecule has 1 aromatic carbocycles. The van der Waals surface area contributed by atoms with Crippen molar-refractivity contribution in [3.63, 3.8) is 0 Å². The number of unbranched alkanes of at least 4 members (excludes halogenated alkanes) is 1. The van der Waals surface area contributed by atoms with Crippen LogP contribution in [0.15, 0.2) is 46.8 Å². The van der Waals surface area contributed by atoms with Crippen LogP contribution in [0.2, 0.25) is 0 Å². The van der Waals surface area contributed by atoms with Crippen LogP contribution >= 0.6 is 0 Å². The summed E-state index contributed by atoms with van der Waals surface area (Å²) in [5.41, 5.74) is 3.51. The highest BCUT2D eigenvalue weighted by Crippen LogP contribution is 2.48.